The molecule has 0 heterocycles. The predicted octanol–water partition coefficient (Wildman–Crippen LogP) is 2.05. The molecule has 0 spiro atoms. The second-order valence-electron chi connectivity index (χ2n) is 3.77. The SMILES string of the molecule is CC=CCC(C)[N+](C)(C)C. The molecule has 0 rings (SSSR count). The molecule has 0 aromatic rings. The summed E-state index contributed by atoms with van der Waals surface area (Å²) in [4.78, 5) is 0. The topological polar surface area (TPSA) is 0 Å². The summed E-state index contributed by atoms with van der Waals surface area (Å²) < 4.78 is 1.05. The van der Waals surface area contributed by atoms with Gasteiger partial charge in [0.2, 0.25) is 0 Å². The molecule has 60 valence electrons. The molecule has 1 atom stereocenters. The van der Waals surface area contributed by atoms with E-state index < -0.39 is 0 Å². The second-order valence-corrected chi connectivity index (χ2v) is 3.77. The molecule has 0 saturated carbocycles. The Morgan fingerprint density at radius 3 is 2.10 bits per heavy atom. The molecule has 0 N–H and O–H groups in total. The number of hydrogen-bond donors (Lipinski definition) is 0. The highest BCUT2D eigenvalue weighted by Crippen LogP contribution is 2.06. The molecule has 0 saturated heterocycles. The molecule has 0 aliphatic heterocycles. The molecule has 0 aliphatic rings. The lowest BCUT2D eigenvalue weighted by molar-refractivity contribution is -0.893. The van der Waals surface area contributed by atoms with Crippen LogP contribution in [0.3, 0.4) is 0 Å². The van der Waals surface area contributed by atoms with E-state index in [2.05, 4.69) is 47.1 Å². The van der Waals surface area contributed by atoms with Crippen LogP contribution in [0.5, 0.6) is 0 Å². The van der Waals surface area contributed by atoms with Crippen molar-refractivity contribution in [3.05, 3.63) is 12.2 Å². The van der Waals surface area contributed by atoms with E-state index in [1.165, 1.54) is 6.42 Å². The molecule has 1 nitrogen and oxygen atoms in total. The molecule has 0 aromatic carbocycles. The first-order valence-corrected chi connectivity index (χ1v) is 3.90. The number of allylic oxidation sites excluding steroid dienone is 1. The van der Waals surface area contributed by atoms with Crippen LogP contribution in [0.25, 0.3) is 0 Å². The van der Waals surface area contributed by atoms with Crippen LogP contribution in [0, 0.1) is 0 Å². The highest BCUT2D eigenvalue weighted by Gasteiger charge is 2.15. The Morgan fingerprint density at radius 1 is 1.30 bits per heavy atom. The molecule has 0 amide bonds. The van der Waals surface area contributed by atoms with Crippen molar-refractivity contribution in [3.63, 3.8) is 0 Å². The van der Waals surface area contributed by atoms with Crippen molar-refractivity contribution in [2.24, 2.45) is 0 Å². The smallest absolute Gasteiger partial charge is 0.0890 e. The van der Waals surface area contributed by atoms with Gasteiger partial charge in [0.15, 0.2) is 0 Å². The maximum Gasteiger partial charge on any atom is 0.0890 e. The van der Waals surface area contributed by atoms with E-state index in [0.29, 0.717) is 0 Å². The fourth-order valence-electron chi connectivity index (χ4n) is 0.649. The molecule has 0 fully saturated rings. The Labute approximate surface area is 64.9 Å². The van der Waals surface area contributed by atoms with Crippen molar-refractivity contribution in [2.45, 2.75) is 26.3 Å². The maximum atomic E-state index is 2.28. The maximum absolute atomic E-state index is 2.28. The van der Waals surface area contributed by atoms with E-state index in [-0.39, 0.29) is 0 Å². The van der Waals surface area contributed by atoms with E-state index in [1.807, 2.05) is 0 Å². The summed E-state index contributed by atoms with van der Waals surface area (Å²) in [5, 5.41) is 0. The number of nitrogens with zero attached hydrogens (tertiary/aromatic N) is 1. The van der Waals surface area contributed by atoms with Crippen LogP contribution in [0.2, 0.25) is 0 Å². The van der Waals surface area contributed by atoms with E-state index in [4.69, 9.17) is 0 Å². The van der Waals surface area contributed by atoms with Crippen LogP contribution < -0.4 is 0 Å². The van der Waals surface area contributed by atoms with E-state index in [1.54, 1.807) is 0 Å². The van der Waals surface area contributed by atoms with Gasteiger partial charge in [-0.2, -0.15) is 0 Å². The average Bonchev–Trinajstić information content (AvgIpc) is 1.80. The third kappa shape index (κ3) is 3.67. The summed E-state index contributed by atoms with van der Waals surface area (Å²) >= 11 is 0. The van der Waals surface area contributed by atoms with Crippen molar-refractivity contribution >= 4 is 0 Å². The van der Waals surface area contributed by atoms with E-state index in [0.717, 1.165) is 10.5 Å². The molecule has 0 radical (unpaired) electrons. The number of rotatable bonds is 3. The third-order valence-electron chi connectivity index (χ3n) is 2.04. The van der Waals surface area contributed by atoms with Gasteiger partial charge in [-0.3, -0.25) is 0 Å². The van der Waals surface area contributed by atoms with Gasteiger partial charge in [0.05, 0.1) is 27.2 Å². The first-order chi connectivity index (χ1) is 4.48. The van der Waals surface area contributed by atoms with Crippen molar-refractivity contribution in [2.75, 3.05) is 21.1 Å². The summed E-state index contributed by atoms with van der Waals surface area (Å²) in [5.74, 6) is 0. The lowest BCUT2D eigenvalue weighted by Gasteiger charge is -2.30. The van der Waals surface area contributed by atoms with Gasteiger partial charge in [-0.15, -0.1) is 0 Å². The molecular formula is C9H20N+. The van der Waals surface area contributed by atoms with E-state index >= 15 is 0 Å². The third-order valence-corrected chi connectivity index (χ3v) is 2.04. The highest BCUT2D eigenvalue weighted by molar-refractivity contribution is 4.79. The highest BCUT2D eigenvalue weighted by atomic mass is 15.3. The predicted molar refractivity (Wildman–Crippen MR) is 46.9 cm³/mol. The van der Waals surface area contributed by atoms with Crippen molar-refractivity contribution in [3.8, 4) is 0 Å². The largest absolute Gasteiger partial charge is 0.328 e. The van der Waals surface area contributed by atoms with Crippen LogP contribution in [0.1, 0.15) is 20.3 Å². The van der Waals surface area contributed by atoms with Crippen LogP contribution in [-0.2, 0) is 0 Å². The van der Waals surface area contributed by atoms with Gasteiger partial charge in [0.1, 0.15) is 0 Å². The zero-order valence-corrected chi connectivity index (χ0v) is 7.89. The Bertz CT molecular complexity index is 108. The van der Waals surface area contributed by atoms with Gasteiger partial charge in [-0.05, 0) is 13.8 Å². The fourth-order valence-corrected chi connectivity index (χ4v) is 0.649. The summed E-state index contributed by atoms with van der Waals surface area (Å²) in [7, 11) is 6.69. The molecule has 10 heavy (non-hydrogen) atoms. The van der Waals surface area contributed by atoms with Crippen LogP contribution >= 0.6 is 0 Å². The van der Waals surface area contributed by atoms with Crippen LogP contribution in [-0.4, -0.2) is 31.7 Å². The Balaban J connectivity index is 3.73. The van der Waals surface area contributed by atoms with Gasteiger partial charge in [-0.1, -0.05) is 12.2 Å². The molecule has 0 aromatic heterocycles. The Morgan fingerprint density at radius 2 is 1.80 bits per heavy atom. The molecular weight excluding hydrogens is 122 g/mol. The van der Waals surface area contributed by atoms with E-state index in [9.17, 15) is 0 Å². The van der Waals surface area contributed by atoms with Gasteiger partial charge < -0.3 is 4.48 Å². The molecule has 1 heteroatoms. The van der Waals surface area contributed by atoms with Crippen LogP contribution in [0.4, 0.5) is 0 Å². The van der Waals surface area contributed by atoms with Gasteiger partial charge in [0.25, 0.3) is 0 Å². The minimum atomic E-state index is 0.719. The standard InChI is InChI=1S/C9H20N/c1-6-7-8-9(2)10(3,4)5/h6-7,9H,8H2,1-5H3/q+1. The summed E-state index contributed by atoms with van der Waals surface area (Å²) in [6.45, 7) is 4.35. The Kier molecular flexibility index (Phi) is 3.66. The fraction of sp³-hybridized carbons (Fsp3) is 0.778. The summed E-state index contributed by atoms with van der Waals surface area (Å²) in [6.07, 6.45) is 5.53. The normalized spacial score (nSPS) is 16.1. The Hall–Kier alpha value is -0.300. The van der Waals surface area contributed by atoms with Gasteiger partial charge in [-0.25, -0.2) is 0 Å². The number of quaternary nitrogens is 1. The van der Waals surface area contributed by atoms with Crippen molar-refractivity contribution < 1.29 is 4.48 Å². The molecule has 0 bridgehead atoms. The van der Waals surface area contributed by atoms with Crippen molar-refractivity contribution in [1.82, 2.24) is 0 Å². The average molecular weight is 142 g/mol. The first kappa shape index (κ1) is 9.70. The number of hydrogen-bond acceptors (Lipinski definition) is 0. The summed E-state index contributed by atoms with van der Waals surface area (Å²) in [5.41, 5.74) is 0. The monoisotopic (exact) mass is 142 g/mol. The molecule has 1 unspecified atom stereocenters. The minimum Gasteiger partial charge on any atom is -0.328 e. The molecule has 0 aliphatic carbocycles. The lowest BCUT2D eigenvalue weighted by Crippen LogP contribution is -2.42. The quantitative estimate of drug-likeness (QED) is 0.418. The first-order valence-electron chi connectivity index (χ1n) is 3.90. The van der Waals surface area contributed by atoms with Gasteiger partial charge >= 0.3 is 0 Å². The van der Waals surface area contributed by atoms with Crippen LogP contribution in [0.15, 0.2) is 12.2 Å². The van der Waals surface area contributed by atoms with Gasteiger partial charge in [0, 0.05) is 6.42 Å². The summed E-state index contributed by atoms with van der Waals surface area (Å²) in [6, 6.07) is 0.719. The zero-order valence-electron chi connectivity index (χ0n) is 7.89. The minimum absolute atomic E-state index is 0.719. The van der Waals surface area contributed by atoms with Crippen molar-refractivity contribution in [1.29, 1.82) is 0 Å². The second kappa shape index (κ2) is 3.77. The zero-order chi connectivity index (χ0) is 8.20. The lowest BCUT2D eigenvalue weighted by atomic mass is 10.2.